The number of amides is 3. The van der Waals surface area contributed by atoms with Crippen molar-refractivity contribution < 1.29 is 9.59 Å². The van der Waals surface area contributed by atoms with Gasteiger partial charge in [0.25, 0.3) is 0 Å². The molecule has 22 heavy (non-hydrogen) atoms. The molecule has 0 aliphatic carbocycles. The van der Waals surface area contributed by atoms with E-state index in [0.717, 1.165) is 12.0 Å². The van der Waals surface area contributed by atoms with Gasteiger partial charge in [-0.25, -0.2) is 4.79 Å². The van der Waals surface area contributed by atoms with Gasteiger partial charge in [-0.15, -0.1) is 0 Å². The van der Waals surface area contributed by atoms with Crippen molar-refractivity contribution in [3.05, 3.63) is 35.4 Å². The molecule has 1 atom stereocenters. The van der Waals surface area contributed by atoms with Gasteiger partial charge >= 0.3 is 6.03 Å². The van der Waals surface area contributed by atoms with E-state index in [1.54, 1.807) is 0 Å². The molecule has 1 aromatic carbocycles. The van der Waals surface area contributed by atoms with E-state index in [4.69, 9.17) is 5.73 Å². The Morgan fingerprint density at radius 2 is 2.14 bits per heavy atom. The highest BCUT2D eigenvalue weighted by molar-refractivity contribution is 5.87. The number of aryl methyl sites for hydroxylation is 1. The molecule has 3 amide bonds. The lowest BCUT2D eigenvalue weighted by molar-refractivity contribution is -0.137. The zero-order chi connectivity index (χ0) is 16.3. The molecule has 1 aromatic rings. The molecule has 1 aliphatic heterocycles. The highest BCUT2D eigenvalue weighted by atomic mass is 16.2. The van der Waals surface area contributed by atoms with Crippen molar-refractivity contribution in [1.29, 1.82) is 0 Å². The molecule has 0 spiro atoms. The summed E-state index contributed by atoms with van der Waals surface area (Å²) in [5, 5.41) is 0. The number of carbonyl (C=O) groups excluding carboxylic acids is 2. The molecular formula is C17H25N3O2. The third-order valence-corrected chi connectivity index (χ3v) is 4.16. The molecule has 1 aliphatic rings. The first-order valence-corrected chi connectivity index (χ1v) is 7.82. The number of hydrogen-bond donors (Lipinski definition) is 1. The number of primary amides is 1. The summed E-state index contributed by atoms with van der Waals surface area (Å²) < 4.78 is 0. The van der Waals surface area contributed by atoms with Gasteiger partial charge in [-0.05, 0) is 39.2 Å². The van der Waals surface area contributed by atoms with Crippen molar-refractivity contribution in [2.45, 2.75) is 52.2 Å². The average molecular weight is 303 g/mol. The number of nitrogens with zero attached hydrogens (tertiary/aromatic N) is 2. The first kappa shape index (κ1) is 16.3. The summed E-state index contributed by atoms with van der Waals surface area (Å²) in [6, 6.07) is 7.30. The van der Waals surface area contributed by atoms with Crippen LogP contribution in [0.1, 0.15) is 37.8 Å². The van der Waals surface area contributed by atoms with Gasteiger partial charge in [-0.2, -0.15) is 0 Å². The number of nitrogens with two attached hydrogens (primary N) is 1. The van der Waals surface area contributed by atoms with Gasteiger partial charge in [0.15, 0.2) is 0 Å². The first-order valence-electron chi connectivity index (χ1n) is 7.82. The van der Waals surface area contributed by atoms with E-state index >= 15 is 0 Å². The minimum Gasteiger partial charge on any atom is -0.351 e. The summed E-state index contributed by atoms with van der Waals surface area (Å²) in [4.78, 5) is 27.7. The van der Waals surface area contributed by atoms with E-state index in [0.29, 0.717) is 19.5 Å². The lowest BCUT2D eigenvalue weighted by atomic mass is 10.1. The van der Waals surface area contributed by atoms with Crippen LogP contribution in [0.15, 0.2) is 24.3 Å². The number of likely N-dealkylation sites (tertiary alicyclic amines) is 1. The van der Waals surface area contributed by atoms with Crippen LogP contribution in [0.3, 0.4) is 0 Å². The first-order chi connectivity index (χ1) is 10.4. The third-order valence-electron chi connectivity index (χ3n) is 4.16. The van der Waals surface area contributed by atoms with Crippen LogP contribution in [-0.4, -0.2) is 40.4 Å². The molecule has 120 valence electrons. The lowest BCUT2D eigenvalue weighted by Crippen LogP contribution is -2.50. The molecular weight excluding hydrogens is 278 g/mol. The Balaban J connectivity index is 2.17. The molecule has 0 radical (unpaired) electrons. The van der Waals surface area contributed by atoms with Crippen molar-refractivity contribution in [1.82, 2.24) is 9.80 Å². The molecule has 1 heterocycles. The molecule has 2 rings (SSSR count). The maximum atomic E-state index is 12.9. The largest absolute Gasteiger partial charge is 0.351 e. The Morgan fingerprint density at radius 3 is 2.73 bits per heavy atom. The highest BCUT2D eigenvalue weighted by Crippen LogP contribution is 2.21. The number of urea groups is 1. The van der Waals surface area contributed by atoms with Crippen LogP contribution in [0.5, 0.6) is 0 Å². The fraction of sp³-hybridized carbons (Fsp3) is 0.529. The molecule has 2 N–H and O–H groups in total. The zero-order valence-corrected chi connectivity index (χ0v) is 13.6. The Morgan fingerprint density at radius 1 is 1.41 bits per heavy atom. The van der Waals surface area contributed by atoms with E-state index < -0.39 is 12.1 Å². The van der Waals surface area contributed by atoms with Gasteiger partial charge in [-0.3, -0.25) is 4.79 Å². The average Bonchev–Trinajstić information content (AvgIpc) is 2.93. The summed E-state index contributed by atoms with van der Waals surface area (Å²) in [7, 11) is 0. The summed E-state index contributed by atoms with van der Waals surface area (Å²) in [6.45, 7) is 7.16. The Bertz CT molecular complexity index is 557. The van der Waals surface area contributed by atoms with Crippen molar-refractivity contribution in [3.8, 4) is 0 Å². The second kappa shape index (κ2) is 6.81. The van der Waals surface area contributed by atoms with Crippen molar-refractivity contribution >= 4 is 11.9 Å². The molecule has 5 heteroatoms. The van der Waals surface area contributed by atoms with Gasteiger partial charge in [0, 0.05) is 19.1 Å². The van der Waals surface area contributed by atoms with Crippen molar-refractivity contribution in [2.75, 3.05) is 6.54 Å². The predicted molar refractivity (Wildman–Crippen MR) is 86.2 cm³/mol. The van der Waals surface area contributed by atoms with Gasteiger partial charge in [0.2, 0.25) is 5.91 Å². The number of carbonyl (C=O) groups is 2. The van der Waals surface area contributed by atoms with Crippen molar-refractivity contribution in [2.24, 2.45) is 5.73 Å². The second-order valence-electron chi connectivity index (χ2n) is 6.24. The van der Waals surface area contributed by atoms with E-state index in [-0.39, 0.29) is 11.9 Å². The van der Waals surface area contributed by atoms with Crippen LogP contribution in [0, 0.1) is 6.92 Å². The maximum absolute atomic E-state index is 12.9. The van der Waals surface area contributed by atoms with Gasteiger partial charge in [0.05, 0.1) is 0 Å². The fourth-order valence-electron chi connectivity index (χ4n) is 3.00. The van der Waals surface area contributed by atoms with Crippen LogP contribution < -0.4 is 5.73 Å². The van der Waals surface area contributed by atoms with Crippen LogP contribution in [-0.2, 0) is 11.3 Å². The SMILES string of the molecule is Cc1cccc(CN(C(=O)C2CCCN2C(N)=O)C(C)C)c1. The monoisotopic (exact) mass is 303 g/mol. The van der Waals surface area contributed by atoms with Crippen LogP contribution in [0.2, 0.25) is 0 Å². The van der Waals surface area contributed by atoms with E-state index in [1.165, 1.54) is 10.5 Å². The summed E-state index contributed by atoms with van der Waals surface area (Å²) in [6.07, 6.45) is 1.52. The molecule has 1 unspecified atom stereocenters. The molecule has 1 saturated heterocycles. The van der Waals surface area contributed by atoms with Gasteiger partial charge in [-0.1, -0.05) is 29.8 Å². The van der Waals surface area contributed by atoms with E-state index in [9.17, 15) is 9.59 Å². The lowest BCUT2D eigenvalue weighted by Gasteiger charge is -2.32. The molecule has 0 bridgehead atoms. The van der Waals surface area contributed by atoms with Crippen LogP contribution >= 0.6 is 0 Å². The normalized spacial score (nSPS) is 17.8. The van der Waals surface area contributed by atoms with Crippen LogP contribution in [0.4, 0.5) is 4.79 Å². The van der Waals surface area contributed by atoms with E-state index in [1.807, 2.05) is 43.9 Å². The Hall–Kier alpha value is -2.04. The number of rotatable bonds is 4. The molecule has 0 saturated carbocycles. The minimum absolute atomic E-state index is 0.00666. The fourth-order valence-corrected chi connectivity index (χ4v) is 3.00. The van der Waals surface area contributed by atoms with Gasteiger partial charge in [0.1, 0.15) is 6.04 Å². The minimum atomic E-state index is -0.505. The molecule has 1 fully saturated rings. The maximum Gasteiger partial charge on any atom is 0.315 e. The quantitative estimate of drug-likeness (QED) is 0.927. The predicted octanol–water partition coefficient (Wildman–Crippen LogP) is 2.28. The topological polar surface area (TPSA) is 66.6 Å². The number of hydrogen-bond acceptors (Lipinski definition) is 2. The van der Waals surface area contributed by atoms with Crippen LogP contribution in [0.25, 0.3) is 0 Å². The summed E-state index contributed by atoms with van der Waals surface area (Å²) in [5.41, 5.74) is 7.67. The third kappa shape index (κ3) is 3.59. The molecule has 5 nitrogen and oxygen atoms in total. The Kier molecular flexibility index (Phi) is 5.06. The number of benzene rings is 1. The highest BCUT2D eigenvalue weighted by Gasteiger charge is 2.36. The standard InChI is InChI=1S/C17H25N3O2/c1-12(2)20(11-14-7-4-6-13(3)10-14)16(21)15-8-5-9-19(15)17(18)22/h4,6-7,10,12,15H,5,8-9,11H2,1-3H3,(H2,18,22). The second-order valence-corrected chi connectivity index (χ2v) is 6.24. The Labute approximate surface area is 132 Å². The summed E-state index contributed by atoms with van der Waals surface area (Å²) in [5.74, 6) is -0.00666. The molecule has 0 aromatic heterocycles. The van der Waals surface area contributed by atoms with E-state index in [2.05, 4.69) is 6.07 Å². The summed E-state index contributed by atoms with van der Waals surface area (Å²) >= 11 is 0. The smallest absolute Gasteiger partial charge is 0.315 e. The van der Waals surface area contributed by atoms with Gasteiger partial charge < -0.3 is 15.5 Å². The zero-order valence-electron chi connectivity index (χ0n) is 13.6. The van der Waals surface area contributed by atoms with Crippen molar-refractivity contribution in [3.63, 3.8) is 0 Å².